The lowest BCUT2D eigenvalue weighted by Gasteiger charge is -2.43. The molecule has 0 aromatic heterocycles. The molecule has 0 spiro atoms. The van der Waals surface area contributed by atoms with Gasteiger partial charge in [0.25, 0.3) is 0 Å². The fourth-order valence-corrected chi connectivity index (χ4v) is 6.44. The van der Waals surface area contributed by atoms with Gasteiger partial charge in [-0.25, -0.2) is 0 Å². The molecule has 1 saturated heterocycles. The topological polar surface area (TPSA) is 166 Å². The first kappa shape index (κ1) is 29.2. The lowest BCUT2D eigenvalue weighted by molar-refractivity contribution is -0.254. The minimum absolute atomic E-state index is 0.0231. The summed E-state index contributed by atoms with van der Waals surface area (Å²) in [4.78, 5) is 39.6. The fourth-order valence-electron chi connectivity index (χ4n) is 6.44. The van der Waals surface area contributed by atoms with Gasteiger partial charge in [0.15, 0.2) is 23.6 Å². The van der Waals surface area contributed by atoms with Crippen LogP contribution in [-0.2, 0) is 32.0 Å². The van der Waals surface area contributed by atoms with Crippen LogP contribution in [0.25, 0.3) is 0 Å². The Morgan fingerprint density at radius 3 is 2.21 bits per heavy atom. The Morgan fingerprint density at radius 1 is 1.00 bits per heavy atom. The quantitative estimate of drug-likeness (QED) is 0.246. The zero-order valence-corrected chi connectivity index (χ0v) is 23.8. The molecule has 1 aliphatic heterocycles. The monoisotopic (exact) mass is 587 g/mol. The van der Waals surface area contributed by atoms with Gasteiger partial charge in [-0.15, -0.1) is 0 Å². The molecule has 6 atom stereocenters. The molecule has 3 aromatic carbocycles. The number of rotatable bonds is 6. The second-order valence-corrected chi connectivity index (χ2v) is 11.6. The second-order valence-electron chi connectivity index (χ2n) is 11.6. The van der Waals surface area contributed by atoms with Crippen molar-refractivity contribution in [3.63, 3.8) is 0 Å². The number of phenolic OH excluding ortho intramolecular Hbond substituents is 2. The van der Waals surface area contributed by atoms with Crippen molar-refractivity contribution in [2.75, 3.05) is 0 Å². The summed E-state index contributed by atoms with van der Waals surface area (Å²) in [7, 11) is 0. The SMILES string of the molecule is CC(=O)C1(O)Cc2c(O)c3c(c(O)c2[C@H](OC2CC(N)C(OCc4ccccc4)C(C)O2)C1)C(=O)c1ccccc1C3=O. The van der Waals surface area contributed by atoms with Crippen LogP contribution >= 0.6 is 0 Å². The van der Waals surface area contributed by atoms with Crippen LogP contribution in [0.15, 0.2) is 54.6 Å². The number of ether oxygens (including phenoxy) is 3. The Kier molecular flexibility index (Phi) is 7.44. The molecule has 0 radical (unpaired) electrons. The number of aliphatic hydroxyl groups is 1. The Morgan fingerprint density at radius 2 is 1.60 bits per heavy atom. The predicted molar refractivity (Wildman–Crippen MR) is 153 cm³/mol. The summed E-state index contributed by atoms with van der Waals surface area (Å²) in [6, 6.07) is 15.3. The van der Waals surface area contributed by atoms with E-state index in [-0.39, 0.29) is 52.6 Å². The third-order valence-corrected chi connectivity index (χ3v) is 8.75. The maximum absolute atomic E-state index is 13.5. The highest BCUT2D eigenvalue weighted by Gasteiger charge is 2.49. The van der Waals surface area contributed by atoms with E-state index in [1.54, 1.807) is 19.1 Å². The lowest BCUT2D eigenvalue weighted by Crippen LogP contribution is -2.53. The summed E-state index contributed by atoms with van der Waals surface area (Å²) < 4.78 is 18.5. The summed E-state index contributed by atoms with van der Waals surface area (Å²) >= 11 is 0. The first-order valence-electron chi connectivity index (χ1n) is 14.2. The molecular weight excluding hydrogens is 554 g/mol. The highest BCUT2D eigenvalue weighted by Crippen LogP contribution is 2.52. The van der Waals surface area contributed by atoms with Crippen molar-refractivity contribution < 1.29 is 43.9 Å². The third-order valence-electron chi connectivity index (χ3n) is 8.75. The standard InChI is InChI=1S/C33H33NO9/c1-16-32(41-15-18-8-4-3-5-9-18)22(34)12-24(42-16)43-23-14-33(40,17(2)35)13-21-25(23)31(39)27-26(30(21)38)28(36)19-10-6-7-11-20(19)29(27)37/h3-11,16,22-24,32,38-40H,12-15,34H2,1-2H3/t16?,22?,23-,24?,32?,33?/m1/s1. The van der Waals surface area contributed by atoms with Gasteiger partial charge in [-0.2, -0.15) is 0 Å². The minimum atomic E-state index is -1.97. The maximum Gasteiger partial charge on any atom is 0.198 e. The molecule has 6 rings (SSSR count). The van der Waals surface area contributed by atoms with Crippen LogP contribution < -0.4 is 5.73 Å². The molecule has 3 aliphatic rings. The van der Waals surface area contributed by atoms with E-state index in [4.69, 9.17) is 19.9 Å². The first-order chi connectivity index (χ1) is 20.5. The smallest absolute Gasteiger partial charge is 0.198 e. The van der Waals surface area contributed by atoms with Gasteiger partial charge in [0, 0.05) is 47.6 Å². The molecule has 0 bridgehead atoms. The number of nitrogens with two attached hydrogens (primary N) is 1. The van der Waals surface area contributed by atoms with E-state index in [0.717, 1.165) is 5.56 Å². The van der Waals surface area contributed by atoms with Crippen LogP contribution in [-0.4, -0.2) is 62.8 Å². The van der Waals surface area contributed by atoms with Crippen LogP contribution in [0.5, 0.6) is 11.5 Å². The predicted octanol–water partition coefficient (Wildman–Crippen LogP) is 3.24. The third kappa shape index (κ3) is 4.95. The van der Waals surface area contributed by atoms with Crippen molar-refractivity contribution >= 4 is 17.3 Å². The number of Topliss-reactive ketones (excluding diaryl/α,β-unsaturated/α-hetero) is 1. The first-order valence-corrected chi connectivity index (χ1v) is 14.2. The molecule has 5 unspecified atom stereocenters. The lowest BCUT2D eigenvalue weighted by atomic mass is 9.72. The molecule has 224 valence electrons. The molecule has 43 heavy (non-hydrogen) atoms. The van der Waals surface area contributed by atoms with Gasteiger partial charge >= 0.3 is 0 Å². The Hall–Kier alpha value is -3.93. The van der Waals surface area contributed by atoms with Crippen LogP contribution in [0.4, 0.5) is 0 Å². The largest absolute Gasteiger partial charge is 0.507 e. The highest BCUT2D eigenvalue weighted by molar-refractivity contribution is 6.30. The van der Waals surface area contributed by atoms with Gasteiger partial charge in [-0.3, -0.25) is 14.4 Å². The summed E-state index contributed by atoms with van der Waals surface area (Å²) in [6.45, 7) is 3.35. The Labute approximate surface area is 248 Å². The number of carbonyl (C=O) groups is 3. The van der Waals surface area contributed by atoms with E-state index >= 15 is 0 Å². The second kappa shape index (κ2) is 11.0. The number of ketones is 3. The van der Waals surface area contributed by atoms with Crippen molar-refractivity contribution in [3.8, 4) is 11.5 Å². The number of carbonyl (C=O) groups excluding carboxylic acids is 3. The van der Waals surface area contributed by atoms with Crippen LogP contribution in [0.2, 0.25) is 0 Å². The van der Waals surface area contributed by atoms with Crippen molar-refractivity contribution in [2.45, 2.75) is 76.0 Å². The number of fused-ring (bicyclic) bond motifs is 3. The molecule has 0 saturated carbocycles. The van der Waals surface area contributed by atoms with Crippen molar-refractivity contribution in [1.29, 1.82) is 0 Å². The van der Waals surface area contributed by atoms with Crippen LogP contribution in [0.3, 0.4) is 0 Å². The molecule has 10 heteroatoms. The zero-order valence-electron chi connectivity index (χ0n) is 23.8. The molecule has 1 heterocycles. The van der Waals surface area contributed by atoms with E-state index in [2.05, 4.69) is 0 Å². The van der Waals surface area contributed by atoms with Crippen LogP contribution in [0.1, 0.15) is 81.3 Å². The van der Waals surface area contributed by atoms with Crippen molar-refractivity contribution in [1.82, 2.24) is 0 Å². The number of phenols is 2. The minimum Gasteiger partial charge on any atom is -0.507 e. The van der Waals surface area contributed by atoms with Gasteiger partial charge in [0.05, 0.1) is 36.0 Å². The summed E-state index contributed by atoms with van der Waals surface area (Å²) in [5.74, 6) is -2.97. The molecular formula is C33H33NO9. The molecule has 5 N–H and O–H groups in total. The molecule has 0 amide bonds. The van der Waals surface area contributed by atoms with Crippen molar-refractivity contribution in [2.24, 2.45) is 5.73 Å². The van der Waals surface area contributed by atoms with Gasteiger partial charge < -0.3 is 35.3 Å². The fraction of sp³-hybridized carbons (Fsp3) is 0.364. The molecule has 10 nitrogen and oxygen atoms in total. The Balaban J connectivity index is 1.33. The molecule has 3 aromatic rings. The molecule has 1 fully saturated rings. The molecule has 2 aliphatic carbocycles. The highest BCUT2D eigenvalue weighted by atomic mass is 16.7. The van der Waals surface area contributed by atoms with Crippen LogP contribution in [0, 0.1) is 0 Å². The number of hydrogen-bond acceptors (Lipinski definition) is 10. The van der Waals surface area contributed by atoms with Gasteiger partial charge in [0.2, 0.25) is 0 Å². The average Bonchev–Trinajstić information content (AvgIpc) is 2.97. The van der Waals surface area contributed by atoms with E-state index in [0.29, 0.717) is 6.61 Å². The van der Waals surface area contributed by atoms with E-state index < -0.39 is 65.1 Å². The van der Waals surface area contributed by atoms with Gasteiger partial charge in [-0.05, 0) is 19.4 Å². The Bertz CT molecular complexity index is 1610. The summed E-state index contributed by atoms with van der Waals surface area (Å²) in [5, 5.41) is 34.3. The zero-order chi connectivity index (χ0) is 30.6. The van der Waals surface area contributed by atoms with Gasteiger partial charge in [0.1, 0.15) is 17.1 Å². The maximum atomic E-state index is 13.5. The van der Waals surface area contributed by atoms with E-state index in [9.17, 15) is 29.7 Å². The summed E-state index contributed by atoms with van der Waals surface area (Å²) in [6.07, 6.45) is -3.52. The van der Waals surface area contributed by atoms with Crippen molar-refractivity contribution in [3.05, 3.63) is 93.5 Å². The van der Waals surface area contributed by atoms with E-state index in [1.165, 1.54) is 19.1 Å². The number of hydrogen-bond donors (Lipinski definition) is 4. The number of benzene rings is 3. The normalized spacial score (nSPS) is 28.1. The number of aromatic hydroxyl groups is 2. The van der Waals surface area contributed by atoms with E-state index in [1.807, 2.05) is 30.3 Å². The van der Waals surface area contributed by atoms with Gasteiger partial charge in [-0.1, -0.05) is 54.6 Å². The average molecular weight is 588 g/mol. The summed E-state index contributed by atoms with van der Waals surface area (Å²) in [5.41, 5.74) is 4.96.